The van der Waals surface area contributed by atoms with Gasteiger partial charge in [-0.25, -0.2) is 13.1 Å². The Bertz CT molecular complexity index is 481. The van der Waals surface area contributed by atoms with Crippen molar-refractivity contribution < 1.29 is 8.42 Å². The van der Waals surface area contributed by atoms with E-state index in [1.54, 1.807) is 12.1 Å². The molecule has 0 atom stereocenters. The normalized spacial score (nSPS) is 17.4. The molecule has 0 amide bonds. The molecule has 0 aliphatic carbocycles. The predicted octanol–water partition coefficient (Wildman–Crippen LogP) is 2.27. The monoisotopic (exact) mass is 352 g/mol. The van der Waals surface area contributed by atoms with Crippen LogP contribution in [0.15, 0.2) is 20.1 Å². The summed E-state index contributed by atoms with van der Waals surface area (Å²) in [7, 11) is -3.32. The lowest BCUT2D eigenvalue weighted by Crippen LogP contribution is -2.28. The van der Waals surface area contributed by atoms with Crippen LogP contribution in [0.5, 0.6) is 0 Å². The third kappa shape index (κ3) is 4.03. The van der Waals surface area contributed by atoms with Gasteiger partial charge in [-0.05, 0) is 67.0 Å². The quantitative estimate of drug-likeness (QED) is 0.799. The van der Waals surface area contributed by atoms with Gasteiger partial charge in [0.25, 0.3) is 0 Å². The molecule has 1 N–H and O–H groups in total. The highest BCUT2D eigenvalue weighted by Crippen LogP contribution is 2.25. The molecule has 4 nitrogen and oxygen atoms in total. The Hall–Kier alpha value is 0.0500. The van der Waals surface area contributed by atoms with Crippen molar-refractivity contribution in [3.05, 3.63) is 15.9 Å². The van der Waals surface area contributed by atoms with E-state index in [2.05, 4.69) is 25.6 Å². The lowest BCUT2D eigenvalue weighted by Gasteiger charge is -2.14. The highest BCUT2D eigenvalue weighted by atomic mass is 79.9. The molecule has 18 heavy (non-hydrogen) atoms. The first-order valence-corrected chi connectivity index (χ1v) is 9.14. The van der Waals surface area contributed by atoms with Crippen LogP contribution in [0, 0.1) is 0 Å². The third-order valence-electron chi connectivity index (χ3n) is 2.96. The van der Waals surface area contributed by atoms with Crippen LogP contribution >= 0.6 is 27.3 Å². The van der Waals surface area contributed by atoms with E-state index >= 15 is 0 Å². The zero-order valence-electron chi connectivity index (χ0n) is 10.1. The van der Waals surface area contributed by atoms with E-state index in [-0.39, 0.29) is 0 Å². The van der Waals surface area contributed by atoms with E-state index in [0.29, 0.717) is 10.8 Å². The van der Waals surface area contributed by atoms with Gasteiger partial charge < -0.3 is 4.90 Å². The maximum atomic E-state index is 11.9. The molecule has 0 saturated carbocycles. The predicted molar refractivity (Wildman–Crippen MR) is 77.5 cm³/mol. The topological polar surface area (TPSA) is 49.4 Å². The largest absolute Gasteiger partial charge is 0.303 e. The van der Waals surface area contributed by atoms with E-state index in [1.165, 1.54) is 24.2 Å². The van der Waals surface area contributed by atoms with Gasteiger partial charge in [0, 0.05) is 6.54 Å². The Balaban J connectivity index is 1.75. The number of hydrogen-bond acceptors (Lipinski definition) is 4. The number of nitrogens with one attached hydrogen (secondary N) is 1. The van der Waals surface area contributed by atoms with Crippen molar-refractivity contribution in [3.63, 3.8) is 0 Å². The van der Waals surface area contributed by atoms with Crippen LogP contribution in [0.4, 0.5) is 0 Å². The lowest BCUT2D eigenvalue weighted by atomic mass is 10.4. The van der Waals surface area contributed by atoms with Gasteiger partial charge in [0.1, 0.15) is 4.21 Å². The van der Waals surface area contributed by atoms with Crippen molar-refractivity contribution in [3.8, 4) is 0 Å². The van der Waals surface area contributed by atoms with Crippen molar-refractivity contribution in [2.24, 2.45) is 0 Å². The van der Waals surface area contributed by atoms with Gasteiger partial charge >= 0.3 is 0 Å². The smallest absolute Gasteiger partial charge is 0.250 e. The van der Waals surface area contributed by atoms with Crippen molar-refractivity contribution in [2.45, 2.75) is 23.5 Å². The summed E-state index contributed by atoms with van der Waals surface area (Å²) in [4.78, 5) is 2.38. The fourth-order valence-electron chi connectivity index (χ4n) is 2.03. The van der Waals surface area contributed by atoms with Crippen LogP contribution in [-0.2, 0) is 10.0 Å². The number of hydrogen-bond donors (Lipinski definition) is 1. The highest BCUT2D eigenvalue weighted by molar-refractivity contribution is 9.11. The molecule has 1 aromatic rings. The van der Waals surface area contributed by atoms with Gasteiger partial charge in [0.05, 0.1) is 3.79 Å². The summed E-state index contributed by atoms with van der Waals surface area (Å²) in [6, 6.07) is 3.38. The average molecular weight is 353 g/mol. The van der Waals surface area contributed by atoms with Crippen LogP contribution in [-0.4, -0.2) is 39.5 Å². The van der Waals surface area contributed by atoms with Gasteiger partial charge in [-0.3, -0.25) is 0 Å². The summed E-state index contributed by atoms with van der Waals surface area (Å²) in [5.74, 6) is 0. The molecule has 7 heteroatoms. The molecule has 1 aliphatic rings. The van der Waals surface area contributed by atoms with Crippen molar-refractivity contribution in [1.29, 1.82) is 0 Å². The fraction of sp³-hybridized carbons (Fsp3) is 0.636. The molecular weight excluding hydrogens is 336 g/mol. The fourth-order valence-corrected chi connectivity index (χ4v) is 5.16. The summed E-state index contributed by atoms with van der Waals surface area (Å²) >= 11 is 4.50. The molecule has 0 radical (unpaired) electrons. The van der Waals surface area contributed by atoms with E-state index < -0.39 is 10.0 Å². The van der Waals surface area contributed by atoms with Crippen molar-refractivity contribution in [1.82, 2.24) is 9.62 Å². The Morgan fingerprint density at radius 1 is 1.33 bits per heavy atom. The summed E-state index contributed by atoms with van der Waals surface area (Å²) in [6.45, 7) is 3.81. The molecule has 1 aromatic heterocycles. The molecule has 102 valence electrons. The average Bonchev–Trinajstić information content (AvgIpc) is 2.95. The van der Waals surface area contributed by atoms with E-state index in [0.717, 1.165) is 29.8 Å². The van der Waals surface area contributed by atoms with Gasteiger partial charge in [-0.1, -0.05) is 0 Å². The van der Waals surface area contributed by atoms with Crippen LogP contribution in [0.3, 0.4) is 0 Å². The maximum absolute atomic E-state index is 11.9. The summed E-state index contributed by atoms with van der Waals surface area (Å²) < 4.78 is 27.7. The Morgan fingerprint density at radius 2 is 2.06 bits per heavy atom. The highest BCUT2D eigenvalue weighted by Gasteiger charge is 2.16. The van der Waals surface area contributed by atoms with Crippen LogP contribution < -0.4 is 4.72 Å². The van der Waals surface area contributed by atoms with Gasteiger partial charge in [-0.2, -0.15) is 0 Å². The second-order valence-electron chi connectivity index (χ2n) is 4.36. The molecule has 1 aliphatic heterocycles. The number of halogens is 1. The van der Waals surface area contributed by atoms with Crippen molar-refractivity contribution in [2.75, 3.05) is 26.2 Å². The molecule has 0 spiro atoms. The molecular formula is C11H17BrN2O2S2. The molecule has 1 fully saturated rings. The summed E-state index contributed by atoms with van der Waals surface area (Å²) in [5.41, 5.74) is 0. The number of thiophene rings is 1. The third-order valence-corrected chi connectivity index (χ3v) is 6.53. The molecule has 2 rings (SSSR count). The molecule has 1 saturated heterocycles. The second kappa shape index (κ2) is 6.47. The first-order chi connectivity index (χ1) is 8.58. The summed E-state index contributed by atoms with van der Waals surface area (Å²) in [6.07, 6.45) is 3.41. The van der Waals surface area contributed by atoms with E-state index in [4.69, 9.17) is 0 Å². The number of rotatable bonds is 6. The number of sulfonamides is 1. The number of nitrogens with zero attached hydrogens (tertiary/aromatic N) is 1. The molecule has 0 aromatic carbocycles. The molecule has 0 unspecified atom stereocenters. The summed E-state index contributed by atoms with van der Waals surface area (Å²) in [5, 5.41) is 0. The minimum Gasteiger partial charge on any atom is -0.303 e. The number of likely N-dealkylation sites (tertiary alicyclic amines) is 1. The maximum Gasteiger partial charge on any atom is 0.250 e. The molecule has 2 heterocycles. The standard InChI is InChI=1S/C11H17BrN2O2S2/c12-10-4-5-11(17-10)18(15,16)13-6-3-9-14-7-1-2-8-14/h4-5,13H,1-3,6-9H2. The Kier molecular flexibility index (Phi) is 5.20. The lowest BCUT2D eigenvalue weighted by molar-refractivity contribution is 0.334. The minimum absolute atomic E-state index is 0.371. The van der Waals surface area contributed by atoms with Crippen molar-refractivity contribution >= 4 is 37.3 Å². The zero-order valence-corrected chi connectivity index (χ0v) is 13.3. The minimum atomic E-state index is -3.32. The van der Waals surface area contributed by atoms with Crippen LogP contribution in [0.2, 0.25) is 0 Å². The van der Waals surface area contributed by atoms with Gasteiger partial charge in [0.15, 0.2) is 0 Å². The second-order valence-corrected chi connectivity index (χ2v) is 8.82. The first-order valence-electron chi connectivity index (χ1n) is 6.05. The zero-order chi connectivity index (χ0) is 13.0. The van der Waals surface area contributed by atoms with Crippen LogP contribution in [0.25, 0.3) is 0 Å². The Labute approximate surface area is 121 Å². The Morgan fingerprint density at radius 3 is 2.67 bits per heavy atom. The van der Waals surface area contributed by atoms with Gasteiger partial charge in [-0.15, -0.1) is 11.3 Å². The van der Waals surface area contributed by atoms with Gasteiger partial charge in [0.2, 0.25) is 10.0 Å². The van der Waals surface area contributed by atoms with Crippen LogP contribution in [0.1, 0.15) is 19.3 Å². The SMILES string of the molecule is O=S(=O)(NCCCN1CCCC1)c1ccc(Br)s1. The van der Waals surface area contributed by atoms with E-state index in [9.17, 15) is 8.42 Å². The van der Waals surface area contributed by atoms with E-state index in [1.807, 2.05) is 0 Å². The molecule has 0 bridgehead atoms. The first kappa shape index (κ1) is 14.5.